The Kier molecular flexibility index (Phi) is 5.85. The minimum absolute atomic E-state index is 0.0937. The standard InChI is InChI=1S/C24H20FN3O4/c1-31-18-11-17(12-19(13-18)32-2)26-22(29)14-28-21-6-4-3-5-20(21)27-24(28)23(30)15-7-9-16(25)10-8-15/h3-13H,14H2,1-2H3,(H,26,29). The molecule has 0 aliphatic rings. The fourth-order valence-electron chi connectivity index (χ4n) is 3.36. The molecule has 0 atom stereocenters. The molecule has 0 saturated heterocycles. The second-order valence-corrected chi connectivity index (χ2v) is 7.00. The van der Waals surface area contributed by atoms with Crippen molar-refractivity contribution >= 4 is 28.4 Å². The number of carbonyl (C=O) groups excluding carboxylic acids is 2. The number of ketones is 1. The van der Waals surface area contributed by atoms with Gasteiger partial charge < -0.3 is 19.4 Å². The molecule has 4 aromatic rings. The largest absolute Gasteiger partial charge is 0.497 e. The molecule has 4 rings (SSSR count). The van der Waals surface area contributed by atoms with Gasteiger partial charge in [0.25, 0.3) is 0 Å². The topological polar surface area (TPSA) is 82.5 Å². The summed E-state index contributed by atoms with van der Waals surface area (Å²) in [6, 6.07) is 17.4. The summed E-state index contributed by atoms with van der Waals surface area (Å²) in [5.74, 6) is -0.0622. The fraction of sp³-hybridized carbons (Fsp3) is 0.125. The summed E-state index contributed by atoms with van der Waals surface area (Å²) >= 11 is 0. The van der Waals surface area contributed by atoms with Gasteiger partial charge in [0.05, 0.1) is 25.3 Å². The Morgan fingerprint density at radius 2 is 1.62 bits per heavy atom. The average Bonchev–Trinajstić information content (AvgIpc) is 3.17. The van der Waals surface area contributed by atoms with Gasteiger partial charge in [-0.25, -0.2) is 9.37 Å². The van der Waals surface area contributed by atoms with Crippen LogP contribution in [0.1, 0.15) is 16.2 Å². The molecule has 1 aromatic heterocycles. The maximum Gasteiger partial charge on any atom is 0.244 e. The smallest absolute Gasteiger partial charge is 0.244 e. The highest BCUT2D eigenvalue weighted by Gasteiger charge is 2.21. The van der Waals surface area contributed by atoms with Crippen molar-refractivity contribution in [2.24, 2.45) is 0 Å². The first-order valence-corrected chi connectivity index (χ1v) is 9.77. The Bertz CT molecular complexity index is 1280. The molecule has 0 unspecified atom stereocenters. The van der Waals surface area contributed by atoms with Crippen LogP contribution in [-0.4, -0.2) is 35.5 Å². The number of hydrogen-bond acceptors (Lipinski definition) is 5. The predicted octanol–water partition coefficient (Wildman–Crippen LogP) is 4.06. The van der Waals surface area contributed by atoms with Gasteiger partial charge in [-0.15, -0.1) is 0 Å². The molecule has 162 valence electrons. The molecule has 3 aromatic carbocycles. The van der Waals surface area contributed by atoms with Crippen LogP contribution in [0.5, 0.6) is 11.5 Å². The first-order chi connectivity index (χ1) is 15.5. The minimum Gasteiger partial charge on any atom is -0.497 e. The Morgan fingerprint density at radius 1 is 0.969 bits per heavy atom. The maximum absolute atomic E-state index is 13.3. The van der Waals surface area contributed by atoms with Gasteiger partial charge in [-0.05, 0) is 36.4 Å². The first-order valence-electron chi connectivity index (χ1n) is 9.77. The molecule has 0 saturated carbocycles. The molecule has 1 amide bonds. The quantitative estimate of drug-likeness (QED) is 0.445. The number of fused-ring (bicyclic) bond motifs is 1. The molecular formula is C24H20FN3O4. The van der Waals surface area contributed by atoms with E-state index in [1.165, 1.54) is 38.5 Å². The molecule has 0 aliphatic carbocycles. The van der Waals surface area contributed by atoms with E-state index in [9.17, 15) is 14.0 Å². The molecule has 0 fully saturated rings. The number of carbonyl (C=O) groups is 2. The molecule has 0 bridgehead atoms. The second-order valence-electron chi connectivity index (χ2n) is 7.00. The summed E-state index contributed by atoms with van der Waals surface area (Å²) in [5.41, 5.74) is 1.98. The average molecular weight is 433 g/mol. The number of halogens is 1. The third-order valence-electron chi connectivity index (χ3n) is 4.90. The maximum atomic E-state index is 13.3. The van der Waals surface area contributed by atoms with E-state index in [0.29, 0.717) is 28.2 Å². The highest BCUT2D eigenvalue weighted by molar-refractivity contribution is 6.08. The van der Waals surface area contributed by atoms with Crippen molar-refractivity contribution in [1.29, 1.82) is 0 Å². The number of ether oxygens (including phenoxy) is 2. The number of nitrogens with zero attached hydrogens (tertiary/aromatic N) is 2. The monoisotopic (exact) mass is 433 g/mol. The number of methoxy groups -OCH3 is 2. The lowest BCUT2D eigenvalue weighted by atomic mass is 10.1. The Morgan fingerprint density at radius 3 is 2.28 bits per heavy atom. The first kappa shape index (κ1) is 21.0. The van der Waals surface area contributed by atoms with E-state index in [1.807, 2.05) is 0 Å². The van der Waals surface area contributed by atoms with Crippen molar-refractivity contribution in [2.75, 3.05) is 19.5 Å². The van der Waals surface area contributed by atoms with Crippen molar-refractivity contribution < 1.29 is 23.5 Å². The Balaban J connectivity index is 1.66. The van der Waals surface area contributed by atoms with Crippen LogP contribution in [-0.2, 0) is 11.3 Å². The van der Waals surface area contributed by atoms with E-state index >= 15 is 0 Å². The lowest BCUT2D eigenvalue weighted by Crippen LogP contribution is -2.22. The molecule has 7 nitrogen and oxygen atoms in total. The van der Waals surface area contributed by atoms with Crippen LogP contribution in [0.3, 0.4) is 0 Å². The highest BCUT2D eigenvalue weighted by atomic mass is 19.1. The Labute approximate surface area is 183 Å². The van der Waals surface area contributed by atoms with Gasteiger partial charge in [0.15, 0.2) is 5.82 Å². The van der Waals surface area contributed by atoms with Crippen LogP contribution in [0, 0.1) is 5.82 Å². The van der Waals surface area contributed by atoms with E-state index in [0.717, 1.165) is 0 Å². The van der Waals surface area contributed by atoms with Crippen molar-refractivity contribution in [3.63, 3.8) is 0 Å². The van der Waals surface area contributed by atoms with Crippen molar-refractivity contribution in [2.45, 2.75) is 6.54 Å². The highest BCUT2D eigenvalue weighted by Crippen LogP contribution is 2.26. The number of rotatable bonds is 7. The summed E-state index contributed by atoms with van der Waals surface area (Å²) < 4.78 is 25.3. The molecule has 1 N–H and O–H groups in total. The van der Waals surface area contributed by atoms with E-state index in [1.54, 1.807) is 47.0 Å². The zero-order valence-electron chi connectivity index (χ0n) is 17.5. The molecule has 0 spiro atoms. The number of anilines is 1. The number of para-hydroxylation sites is 2. The van der Waals surface area contributed by atoms with E-state index < -0.39 is 11.6 Å². The van der Waals surface area contributed by atoms with E-state index in [2.05, 4.69) is 10.3 Å². The van der Waals surface area contributed by atoms with Gasteiger partial charge in [-0.2, -0.15) is 0 Å². The number of hydrogen-bond donors (Lipinski definition) is 1. The molecule has 0 radical (unpaired) electrons. The van der Waals surface area contributed by atoms with Gasteiger partial charge in [0.1, 0.15) is 23.9 Å². The van der Waals surface area contributed by atoms with Gasteiger partial charge >= 0.3 is 0 Å². The van der Waals surface area contributed by atoms with Crippen molar-refractivity contribution in [3.8, 4) is 11.5 Å². The van der Waals surface area contributed by atoms with Crippen LogP contribution in [0.25, 0.3) is 11.0 Å². The van der Waals surface area contributed by atoms with Gasteiger partial charge in [-0.1, -0.05) is 12.1 Å². The number of amides is 1. The summed E-state index contributed by atoms with van der Waals surface area (Å²) in [5, 5.41) is 2.80. The molecular weight excluding hydrogens is 413 g/mol. The molecule has 8 heteroatoms. The van der Waals surface area contributed by atoms with Crippen LogP contribution in [0.15, 0.2) is 66.7 Å². The normalized spacial score (nSPS) is 10.7. The summed E-state index contributed by atoms with van der Waals surface area (Å²) in [6.45, 7) is -0.150. The number of imidazole rings is 1. The van der Waals surface area contributed by atoms with Crippen LogP contribution >= 0.6 is 0 Å². The zero-order chi connectivity index (χ0) is 22.7. The lowest BCUT2D eigenvalue weighted by Gasteiger charge is -2.12. The SMILES string of the molecule is COc1cc(NC(=O)Cn2c(C(=O)c3ccc(F)cc3)nc3ccccc32)cc(OC)c1. The minimum atomic E-state index is -0.442. The van der Waals surface area contributed by atoms with Gasteiger partial charge in [0.2, 0.25) is 11.7 Å². The van der Waals surface area contributed by atoms with Gasteiger partial charge in [0, 0.05) is 29.4 Å². The van der Waals surface area contributed by atoms with Crippen LogP contribution < -0.4 is 14.8 Å². The third kappa shape index (κ3) is 4.29. The molecule has 0 aliphatic heterocycles. The van der Waals surface area contributed by atoms with E-state index in [-0.39, 0.29) is 23.8 Å². The van der Waals surface area contributed by atoms with E-state index in [4.69, 9.17) is 9.47 Å². The number of aromatic nitrogens is 2. The van der Waals surface area contributed by atoms with Crippen molar-refractivity contribution in [1.82, 2.24) is 9.55 Å². The van der Waals surface area contributed by atoms with Crippen LogP contribution in [0.4, 0.5) is 10.1 Å². The number of benzene rings is 3. The van der Waals surface area contributed by atoms with Crippen molar-refractivity contribution in [3.05, 3.63) is 83.9 Å². The molecule has 32 heavy (non-hydrogen) atoms. The zero-order valence-corrected chi connectivity index (χ0v) is 17.5. The number of nitrogens with one attached hydrogen (secondary N) is 1. The fourth-order valence-corrected chi connectivity index (χ4v) is 3.36. The molecule has 1 heterocycles. The summed E-state index contributed by atoms with van der Waals surface area (Å²) in [7, 11) is 3.04. The lowest BCUT2D eigenvalue weighted by molar-refractivity contribution is -0.116. The second kappa shape index (κ2) is 8.89. The summed E-state index contributed by atoms with van der Waals surface area (Å²) in [4.78, 5) is 30.4. The third-order valence-corrected chi connectivity index (χ3v) is 4.90. The predicted molar refractivity (Wildman–Crippen MR) is 118 cm³/mol. The van der Waals surface area contributed by atoms with Gasteiger partial charge in [-0.3, -0.25) is 9.59 Å². The summed E-state index contributed by atoms with van der Waals surface area (Å²) in [6.07, 6.45) is 0. The van der Waals surface area contributed by atoms with Crippen LogP contribution in [0.2, 0.25) is 0 Å². The Hall–Kier alpha value is -4.20.